The van der Waals surface area contributed by atoms with E-state index >= 15 is 0 Å². The van der Waals surface area contributed by atoms with Crippen LogP contribution in [-0.2, 0) is 12.4 Å². The summed E-state index contributed by atoms with van der Waals surface area (Å²) in [6, 6.07) is 9.04. The molecule has 2 aromatic rings. The molecule has 1 saturated carbocycles. The highest BCUT2D eigenvalue weighted by Crippen LogP contribution is 2.52. The number of carbonyl (C=O) groups excluding carboxylic acids is 1. The highest BCUT2D eigenvalue weighted by molar-refractivity contribution is 5.98. The average Bonchev–Trinajstić information content (AvgIpc) is 3.34. The van der Waals surface area contributed by atoms with E-state index in [1.165, 1.54) is 0 Å². The number of amides is 1. The van der Waals surface area contributed by atoms with E-state index in [9.17, 15) is 31.1 Å². The predicted octanol–water partition coefficient (Wildman–Crippen LogP) is 6.13. The van der Waals surface area contributed by atoms with Gasteiger partial charge in [0, 0.05) is 5.54 Å². The maximum Gasteiger partial charge on any atom is 0.417 e. The fraction of sp³-hybridized carbons (Fsp3) is 0.458. The van der Waals surface area contributed by atoms with E-state index in [-0.39, 0.29) is 11.6 Å². The van der Waals surface area contributed by atoms with Crippen molar-refractivity contribution in [2.75, 3.05) is 13.1 Å². The van der Waals surface area contributed by atoms with Gasteiger partial charge in [0.15, 0.2) is 0 Å². The molecule has 3 nitrogen and oxygen atoms in total. The molecule has 1 amide bonds. The molecule has 1 N–H and O–H groups in total. The van der Waals surface area contributed by atoms with Crippen molar-refractivity contribution in [2.24, 2.45) is 0 Å². The van der Waals surface area contributed by atoms with E-state index in [4.69, 9.17) is 0 Å². The molecule has 0 bridgehead atoms. The van der Waals surface area contributed by atoms with Crippen molar-refractivity contribution >= 4 is 5.91 Å². The summed E-state index contributed by atoms with van der Waals surface area (Å²) in [5.74, 6) is -1.02. The van der Waals surface area contributed by atoms with Gasteiger partial charge in [0.2, 0.25) is 0 Å². The van der Waals surface area contributed by atoms with Gasteiger partial charge in [-0.25, -0.2) is 0 Å². The molecular formula is C24H24F6N2O. The van der Waals surface area contributed by atoms with Crippen LogP contribution in [0.15, 0.2) is 42.5 Å². The van der Waals surface area contributed by atoms with E-state index in [2.05, 4.69) is 10.2 Å². The third kappa shape index (κ3) is 4.60. The number of hydrogen-bond acceptors (Lipinski definition) is 2. The molecule has 178 valence electrons. The molecule has 2 fully saturated rings. The Labute approximate surface area is 187 Å². The first-order chi connectivity index (χ1) is 15.4. The summed E-state index contributed by atoms with van der Waals surface area (Å²) in [6.45, 7) is 2.78. The van der Waals surface area contributed by atoms with E-state index in [0.29, 0.717) is 6.07 Å². The average molecular weight is 470 g/mol. The zero-order valence-electron chi connectivity index (χ0n) is 18.0. The van der Waals surface area contributed by atoms with Crippen molar-refractivity contribution in [1.82, 2.24) is 10.2 Å². The molecule has 1 saturated heterocycles. The van der Waals surface area contributed by atoms with Crippen molar-refractivity contribution in [3.63, 3.8) is 0 Å². The van der Waals surface area contributed by atoms with Crippen LogP contribution in [0.4, 0.5) is 26.3 Å². The van der Waals surface area contributed by atoms with Gasteiger partial charge in [-0.1, -0.05) is 30.3 Å². The highest BCUT2D eigenvalue weighted by Gasteiger charge is 2.55. The molecule has 1 heterocycles. The van der Waals surface area contributed by atoms with E-state index in [0.717, 1.165) is 51.3 Å². The van der Waals surface area contributed by atoms with Crippen molar-refractivity contribution in [2.45, 2.75) is 56.5 Å². The molecular weight excluding hydrogens is 446 g/mol. The number of hydrogen-bond donors (Lipinski definition) is 1. The Bertz CT molecular complexity index is 1020. The standard InChI is InChI=1S/C24H24F6N2O/c1-15-13-17(23(25,26)27)14-18(24(28,29)30)19(15)21(33)31-20(16-7-3-2-4-8-16)22(9-10-22)32-11-5-6-12-32/h2-4,7-8,13-14,20H,5-6,9-12H2,1H3,(H,31,33). The SMILES string of the molecule is Cc1cc(C(F)(F)F)cc(C(F)(F)F)c1C(=O)NC(c1ccccc1)C1(N2CCCC2)CC1. The number of aryl methyl sites for hydroxylation is 1. The van der Waals surface area contributed by atoms with Crippen LogP contribution >= 0.6 is 0 Å². The Balaban J connectivity index is 1.75. The van der Waals surface area contributed by atoms with Gasteiger partial charge in [0.25, 0.3) is 5.91 Å². The molecule has 0 radical (unpaired) electrons. The largest absolute Gasteiger partial charge is 0.417 e. The van der Waals surface area contributed by atoms with Gasteiger partial charge >= 0.3 is 12.4 Å². The fourth-order valence-electron chi connectivity index (χ4n) is 4.93. The normalized spacial score (nSPS) is 19.4. The molecule has 0 spiro atoms. The van der Waals surface area contributed by atoms with Crippen LogP contribution in [0.2, 0.25) is 0 Å². The molecule has 2 aromatic carbocycles. The van der Waals surface area contributed by atoms with E-state index < -0.39 is 46.5 Å². The summed E-state index contributed by atoms with van der Waals surface area (Å²) >= 11 is 0. The summed E-state index contributed by atoms with van der Waals surface area (Å²) in [5, 5.41) is 2.78. The van der Waals surface area contributed by atoms with Crippen LogP contribution in [0.3, 0.4) is 0 Å². The lowest BCUT2D eigenvalue weighted by atomic mass is 9.93. The Kier molecular flexibility index (Phi) is 5.97. The number of likely N-dealkylation sites (tertiary alicyclic amines) is 1. The topological polar surface area (TPSA) is 32.3 Å². The molecule has 2 aliphatic rings. The number of halogens is 6. The van der Waals surface area contributed by atoms with Crippen LogP contribution in [0, 0.1) is 6.92 Å². The second kappa shape index (κ2) is 8.34. The minimum atomic E-state index is -5.12. The van der Waals surface area contributed by atoms with Gasteiger partial charge in [0.1, 0.15) is 0 Å². The summed E-state index contributed by atoms with van der Waals surface area (Å²) < 4.78 is 80.8. The van der Waals surface area contributed by atoms with Gasteiger partial charge in [-0.15, -0.1) is 0 Å². The first-order valence-electron chi connectivity index (χ1n) is 10.8. The summed E-state index contributed by atoms with van der Waals surface area (Å²) in [7, 11) is 0. The Morgan fingerprint density at radius 2 is 1.58 bits per heavy atom. The molecule has 33 heavy (non-hydrogen) atoms. The molecule has 4 rings (SSSR count). The van der Waals surface area contributed by atoms with E-state index in [1.54, 1.807) is 18.2 Å². The number of carbonyl (C=O) groups is 1. The third-order valence-electron chi connectivity index (χ3n) is 6.64. The molecule has 1 unspecified atom stereocenters. The molecule has 1 aliphatic carbocycles. The second-order valence-corrected chi connectivity index (χ2v) is 8.83. The predicted molar refractivity (Wildman–Crippen MR) is 111 cm³/mol. The van der Waals surface area contributed by atoms with Crippen molar-refractivity contribution in [3.8, 4) is 0 Å². The molecule has 1 atom stereocenters. The number of rotatable bonds is 5. The zero-order chi connectivity index (χ0) is 24.0. The van der Waals surface area contributed by atoms with Gasteiger partial charge < -0.3 is 5.32 Å². The lowest BCUT2D eigenvalue weighted by Crippen LogP contribution is -2.47. The zero-order valence-corrected chi connectivity index (χ0v) is 18.0. The Morgan fingerprint density at radius 1 is 0.970 bits per heavy atom. The fourth-order valence-corrected chi connectivity index (χ4v) is 4.93. The second-order valence-electron chi connectivity index (χ2n) is 8.83. The Hall–Kier alpha value is -2.55. The van der Waals surface area contributed by atoms with Crippen molar-refractivity contribution in [1.29, 1.82) is 0 Å². The Morgan fingerprint density at radius 3 is 2.09 bits per heavy atom. The lowest BCUT2D eigenvalue weighted by Gasteiger charge is -2.36. The van der Waals surface area contributed by atoms with Crippen LogP contribution in [0.1, 0.15) is 64.3 Å². The maximum atomic E-state index is 13.8. The molecule has 9 heteroatoms. The number of benzene rings is 2. The van der Waals surface area contributed by atoms with Crippen molar-refractivity contribution < 1.29 is 31.1 Å². The minimum absolute atomic E-state index is 0.0206. The monoisotopic (exact) mass is 470 g/mol. The number of nitrogens with zero attached hydrogens (tertiary/aromatic N) is 1. The quantitative estimate of drug-likeness (QED) is 0.533. The first kappa shape index (κ1) is 23.6. The smallest absolute Gasteiger partial charge is 0.343 e. The van der Waals surface area contributed by atoms with Crippen molar-refractivity contribution in [3.05, 3.63) is 70.3 Å². The number of nitrogens with one attached hydrogen (secondary N) is 1. The molecule has 0 aromatic heterocycles. The minimum Gasteiger partial charge on any atom is -0.343 e. The van der Waals surface area contributed by atoms with Gasteiger partial charge in [-0.05, 0) is 69.0 Å². The van der Waals surface area contributed by atoms with Gasteiger partial charge in [-0.2, -0.15) is 26.3 Å². The van der Waals surface area contributed by atoms with Crippen LogP contribution < -0.4 is 5.32 Å². The summed E-state index contributed by atoms with van der Waals surface area (Å²) in [6.07, 6.45) is -6.50. The first-order valence-corrected chi connectivity index (χ1v) is 10.8. The summed E-state index contributed by atoms with van der Waals surface area (Å²) in [5.41, 5.74) is -3.79. The van der Waals surface area contributed by atoms with Gasteiger partial charge in [-0.3, -0.25) is 9.69 Å². The van der Waals surface area contributed by atoms with Crippen LogP contribution in [-0.4, -0.2) is 29.4 Å². The van der Waals surface area contributed by atoms with Crippen LogP contribution in [0.25, 0.3) is 0 Å². The number of alkyl halides is 6. The molecule has 1 aliphatic heterocycles. The maximum absolute atomic E-state index is 13.8. The lowest BCUT2D eigenvalue weighted by molar-refractivity contribution is -0.143. The summed E-state index contributed by atoms with van der Waals surface area (Å²) in [4.78, 5) is 15.5. The van der Waals surface area contributed by atoms with Crippen LogP contribution in [0.5, 0.6) is 0 Å². The van der Waals surface area contributed by atoms with E-state index in [1.807, 2.05) is 12.1 Å². The highest BCUT2D eigenvalue weighted by atomic mass is 19.4. The third-order valence-corrected chi connectivity index (χ3v) is 6.64. The van der Waals surface area contributed by atoms with Gasteiger partial charge in [0.05, 0.1) is 22.7 Å².